The second-order valence-electron chi connectivity index (χ2n) is 7.93. The van der Waals surface area contributed by atoms with Crippen LogP contribution in [0.1, 0.15) is 50.5 Å². The number of carbonyl (C=O) groups excluding carboxylic acids is 1. The van der Waals surface area contributed by atoms with Gasteiger partial charge in [-0.2, -0.15) is 0 Å². The number of para-hydroxylation sites is 1. The largest absolute Gasteiger partial charge is 0.339 e. The van der Waals surface area contributed by atoms with Crippen LogP contribution in [0.4, 0.5) is 0 Å². The Kier molecular flexibility index (Phi) is 5.64. The maximum Gasteiger partial charge on any atom is 0.223 e. The average molecular weight is 389 g/mol. The molecule has 1 N–H and O–H groups in total. The summed E-state index contributed by atoms with van der Waals surface area (Å²) in [4.78, 5) is 15.1. The van der Waals surface area contributed by atoms with Crippen LogP contribution in [0.15, 0.2) is 30.5 Å². The number of rotatable bonds is 5. The van der Waals surface area contributed by atoms with Gasteiger partial charge < -0.3 is 14.0 Å². The van der Waals surface area contributed by atoms with Crippen LogP contribution in [0.25, 0.3) is 10.9 Å². The lowest BCUT2D eigenvalue weighted by Crippen LogP contribution is -2.49. The number of hydrogen-bond donors (Lipinski definition) is 1. The number of nitrogens with zero attached hydrogens (tertiary/aromatic N) is 2. The van der Waals surface area contributed by atoms with Gasteiger partial charge in [0.2, 0.25) is 5.91 Å². The zero-order chi connectivity index (χ0) is 18.8. The van der Waals surface area contributed by atoms with Crippen molar-refractivity contribution in [3.63, 3.8) is 0 Å². The molecule has 2 fully saturated rings. The molecule has 146 valence electrons. The van der Waals surface area contributed by atoms with Crippen molar-refractivity contribution in [2.75, 3.05) is 6.54 Å². The molecule has 1 saturated heterocycles. The first kappa shape index (κ1) is 18.7. The lowest BCUT2D eigenvalue weighted by atomic mass is 9.78. The van der Waals surface area contributed by atoms with Crippen LogP contribution in [0.2, 0.25) is 0 Å². The monoisotopic (exact) mass is 388 g/mol. The Balaban J connectivity index is 1.48. The van der Waals surface area contributed by atoms with Gasteiger partial charge in [-0.25, -0.2) is 4.21 Å². The van der Waals surface area contributed by atoms with E-state index in [0.717, 1.165) is 35.9 Å². The molecule has 27 heavy (non-hydrogen) atoms. The average Bonchev–Trinajstić information content (AvgIpc) is 3.03. The van der Waals surface area contributed by atoms with E-state index in [4.69, 9.17) is 0 Å². The minimum Gasteiger partial charge on any atom is -0.339 e. The van der Waals surface area contributed by atoms with Gasteiger partial charge in [0.25, 0.3) is 0 Å². The summed E-state index contributed by atoms with van der Waals surface area (Å²) >= 11 is -1.89. The Morgan fingerprint density at radius 1 is 1.15 bits per heavy atom. The van der Waals surface area contributed by atoms with Gasteiger partial charge in [0.1, 0.15) is 5.88 Å². The van der Waals surface area contributed by atoms with Gasteiger partial charge in [-0.15, -0.1) is 0 Å². The van der Waals surface area contributed by atoms with Crippen LogP contribution in [0.5, 0.6) is 0 Å². The van der Waals surface area contributed by atoms with Crippen molar-refractivity contribution in [3.05, 3.63) is 36.0 Å². The highest BCUT2D eigenvalue weighted by atomic mass is 32.2. The molecule has 2 aromatic rings. The Hall–Kier alpha value is -1.66. The molecule has 1 amide bonds. The molecule has 2 aliphatic rings. The zero-order valence-electron chi connectivity index (χ0n) is 15.7. The molecule has 6 heteroatoms. The van der Waals surface area contributed by atoms with E-state index in [1.165, 1.54) is 25.7 Å². The highest BCUT2D eigenvalue weighted by molar-refractivity contribution is 7.78. The predicted octanol–water partition coefficient (Wildman–Crippen LogP) is 3.93. The summed E-state index contributed by atoms with van der Waals surface area (Å²) in [6.07, 6.45) is 10.5. The second kappa shape index (κ2) is 8.15. The maximum atomic E-state index is 13.0. The van der Waals surface area contributed by atoms with E-state index >= 15 is 0 Å². The smallest absolute Gasteiger partial charge is 0.223 e. The Bertz CT molecular complexity index is 845. The van der Waals surface area contributed by atoms with Crippen LogP contribution >= 0.6 is 0 Å². The molecule has 1 aromatic heterocycles. The van der Waals surface area contributed by atoms with E-state index < -0.39 is 11.1 Å². The third-order valence-corrected chi connectivity index (χ3v) is 6.79. The highest BCUT2D eigenvalue weighted by Gasteiger charge is 2.35. The molecule has 0 spiro atoms. The van der Waals surface area contributed by atoms with Gasteiger partial charge in [-0.05, 0) is 49.7 Å². The van der Waals surface area contributed by atoms with Crippen LogP contribution in [-0.4, -0.2) is 36.7 Å². The first-order valence-corrected chi connectivity index (χ1v) is 11.3. The van der Waals surface area contributed by atoms with Gasteiger partial charge in [-0.3, -0.25) is 4.79 Å². The van der Waals surface area contributed by atoms with E-state index in [-0.39, 0.29) is 11.8 Å². The molecule has 3 atom stereocenters. The van der Waals surface area contributed by atoms with Crippen LogP contribution in [0, 0.1) is 5.92 Å². The lowest BCUT2D eigenvalue weighted by molar-refractivity contribution is -0.137. The first-order chi connectivity index (χ1) is 13.1. The van der Waals surface area contributed by atoms with Crippen molar-refractivity contribution in [2.45, 2.75) is 63.3 Å². The van der Waals surface area contributed by atoms with Crippen LogP contribution in [0.3, 0.4) is 0 Å². The summed E-state index contributed by atoms with van der Waals surface area (Å²) in [5, 5.41) is 1.07. The van der Waals surface area contributed by atoms with E-state index in [9.17, 15) is 13.6 Å². The summed E-state index contributed by atoms with van der Waals surface area (Å²) in [6, 6.07) is 8.36. The molecule has 4 rings (SSSR count). The summed E-state index contributed by atoms with van der Waals surface area (Å²) in [5.74, 6) is 1.04. The molecule has 3 unspecified atom stereocenters. The fraction of sp³-hybridized carbons (Fsp3) is 0.571. The number of hydrogen-bond acceptors (Lipinski definition) is 2. The van der Waals surface area contributed by atoms with E-state index in [1.807, 2.05) is 35.0 Å². The van der Waals surface area contributed by atoms with Crippen molar-refractivity contribution in [1.82, 2.24) is 9.47 Å². The van der Waals surface area contributed by atoms with E-state index in [2.05, 4.69) is 4.90 Å². The Morgan fingerprint density at radius 3 is 2.78 bits per heavy atom. The van der Waals surface area contributed by atoms with Crippen LogP contribution in [-0.2, 0) is 28.2 Å². The molecule has 0 radical (unpaired) electrons. The van der Waals surface area contributed by atoms with Crippen molar-refractivity contribution < 1.29 is 13.6 Å². The Morgan fingerprint density at radius 2 is 1.93 bits per heavy atom. The quantitative estimate of drug-likeness (QED) is 0.789. The van der Waals surface area contributed by atoms with Crippen LogP contribution < -0.4 is 0 Å². The van der Waals surface area contributed by atoms with E-state index in [1.54, 1.807) is 0 Å². The van der Waals surface area contributed by atoms with Crippen molar-refractivity contribution in [2.24, 2.45) is 5.92 Å². The molecule has 5 nitrogen and oxygen atoms in total. The molecular weight excluding hydrogens is 360 g/mol. The summed E-state index contributed by atoms with van der Waals surface area (Å²) in [7, 11) is 0. The number of benzene rings is 1. The fourth-order valence-corrected chi connectivity index (χ4v) is 5.52. The standard InChI is InChI=1S/C21H28N2O3S/c24-21(23-13-5-7-16-6-1-3-9-19(16)23)12-11-17-14-22(15-27(25)26)20-10-4-2-8-18(17)20/h2,4,8,10,14,16,19H,1,3,5-7,9,11-13,15H2,(H,25,26). The summed E-state index contributed by atoms with van der Waals surface area (Å²) in [6.45, 7) is 0.908. The number of fused-ring (bicyclic) bond motifs is 2. The van der Waals surface area contributed by atoms with Gasteiger partial charge in [0.05, 0.1) is 0 Å². The molecule has 1 saturated carbocycles. The van der Waals surface area contributed by atoms with E-state index in [0.29, 0.717) is 24.8 Å². The molecular formula is C21H28N2O3S. The van der Waals surface area contributed by atoms with Crippen molar-refractivity contribution in [1.29, 1.82) is 0 Å². The number of likely N-dealkylation sites (tertiary alicyclic amines) is 1. The highest BCUT2D eigenvalue weighted by Crippen LogP contribution is 2.35. The number of aromatic nitrogens is 1. The topological polar surface area (TPSA) is 62.5 Å². The SMILES string of the molecule is O=C(CCc1cn(CS(=O)O)c2ccccc12)N1CCCC2CCCCC21. The lowest BCUT2D eigenvalue weighted by Gasteiger charge is -2.44. The van der Waals surface area contributed by atoms with Gasteiger partial charge in [-0.1, -0.05) is 31.0 Å². The minimum absolute atomic E-state index is 0.0599. The molecule has 2 heterocycles. The van der Waals surface area contributed by atoms with Crippen molar-refractivity contribution >= 4 is 27.9 Å². The molecule has 0 bridgehead atoms. The second-order valence-corrected chi connectivity index (χ2v) is 8.83. The third kappa shape index (κ3) is 3.97. The first-order valence-electron chi connectivity index (χ1n) is 10.1. The van der Waals surface area contributed by atoms with Gasteiger partial charge in [0.15, 0.2) is 11.1 Å². The normalized spacial score (nSPS) is 24.0. The third-order valence-electron chi connectivity index (χ3n) is 6.29. The van der Waals surface area contributed by atoms with Gasteiger partial charge in [0, 0.05) is 36.1 Å². The zero-order valence-corrected chi connectivity index (χ0v) is 16.5. The number of carbonyl (C=O) groups is 1. The summed E-state index contributed by atoms with van der Waals surface area (Å²) in [5.41, 5.74) is 2.04. The summed E-state index contributed by atoms with van der Waals surface area (Å²) < 4.78 is 22.3. The molecule has 1 aliphatic heterocycles. The fourth-order valence-electron chi connectivity index (χ4n) is 5.07. The maximum absolute atomic E-state index is 13.0. The number of aryl methyl sites for hydroxylation is 1. The minimum atomic E-state index is -1.89. The predicted molar refractivity (Wildman–Crippen MR) is 108 cm³/mol. The van der Waals surface area contributed by atoms with Crippen molar-refractivity contribution in [3.8, 4) is 0 Å². The van der Waals surface area contributed by atoms with Gasteiger partial charge >= 0.3 is 0 Å². The Labute approximate surface area is 163 Å². The molecule has 1 aromatic carbocycles. The number of piperidine rings is 1. The molecule has 1 aliphatic carbocycles. The number of amides is 1.